The molecule has 12 heavy (non-hydrogen) atoms. The van der Waals surface area contributed by atoms with Gasteiger partial charge < -0.3 is 11.0 Å². The number of benzene rings is 1. The van der Waals surface area contributed by atoms with E-state index in [4.69, 9.17) is 24.2 Å². The molecule has 3 nitrogen and oxygen atoms in total. The van der Waals surface area contributed by atoms with Crippen molar-refractivity contribution in [3.8, 4) is 5.75 Å². The molecule has 0 bridgehead atoms. The normalized spacial score (nSPS) is 8.00. The van der Waals surface area contributed by atoms with Crippen molar-refractivity contribution in [2.24, 2.45) is 0 Å². The fourth-order valence-corrected chi connectivity index (χ4v) is 0.871. The fraction of sp³-hybridized carbons (Fsp3) is 0.143. The predicted molar refractivity (Wildman–Crippen MR) is 47.3 cm³/mol. The minimum atomic E-state index is 0. The molecule has 0 atom stereocenters. The zero-order valence-corrected chi connectivity index (χ0v) is 7.25. The van der Waals surface area contributed by atoms with Crippen molar-refractivity contribution in [3.05, 3.63) is 23.2 Å². The molecule has 0 aromatic heterocycles. The van der Waals surface area contributed by atoms with E-state index in [0.29, 0.717) is 16.2 Å². The van der Waals surface area contributed by atoms with Crippen LogP contribution in [0.4, 0.5) is 0 Å². The van der Waals surface area contributed by atoms with Crippen molar-refractivity contribution < 1.29 is 15.7 Å². The smallest absolute Gasteiger partial charge is 0.870 e. The number of halogens is 1. The van der Waals surface area contributed by atoms with Gasteiger partial charge in [0.05, 0.1) is 0 Å². The maximum absolute atomic E-state index is 5.72. The van der Waals surface area contributed by atoms with Crippen LogP contribution in [0.25, 0.3) is 0 Å². The van der Waals surface area contributed by atoms with Crippen LogP contribution in [0.15, 0.2) is 18.2 Å². The summed E-state index contributed by atoms with van der Waals surface area (Å²) < 4.78 is 4.91. The van der Waals surface area contributed by atoms with Crippen LogP contribution in [-0.4, -0.2) is 25.9 Å². The number of ether oxygens (including phenoxy) is 1. The minimum Gasteiger partial charge on any atom is -0.870 e. The fourth-order valence-electron chi connectivity index (χ4n) is 0.676. The Hall–Kier alpha value is -0.705. The zero-order chi connectivity index (χ0) is 7.56. The molecular formula is C7H8BClO3. The number of hydrogen-bond acceptors (Lipinski definition) is 3. The SMILES string of the molecule is [B+2]c1ccc(Cl)c(OC)c1.[OH-].[OH-]. The summed E-state index contributed by atoms with van der Waals surface area (Å²) in [5, 5.41) is 0.580. The Labute approximate surface area is 77.3 Å². The Morgan fingerprint density at radius 3 is 2.33 bits per heavy atom. The first kappa shape index (κ1) is 13.9. The second-order valence-corrected chi connectivity index (χ2v) is 2.30. The average Bonchev–Trinajstić information content (AvgIpc) is 1.94. The van der Waals surface area contributed by atoms with Gasteiger partial charge in [0, 0.05) is 0 Å². The standard InChI is InChI=1S/C7H6BClO.2H2O/c1-10-7-4-5(8)2-3-6(7)9;;/h2-4H,1H3;2*1H2/q+2;;/p-2. The number of hydrogen-bond donors (Lipinski definition) is 0. The first-order chi connectivity index (χ1) is 4.74. The third-order valence-electron chi connectivity index (χ3n) is 1.18. The van der Waals surface area contributed by atoms with Gasteiger partial charge in [0.2, 0.25) is 0 Å². The van der Waals surface area contributed by atoms with Crippen LogP contribution in [0.5, 0.6) is 5.75 Å². The van der Waals surface area contributed by atoms with Gasteiger partial charge >= 0.3 is 65.7 Å². The summed E-state index contributed by atoms with van der Waals surface area (Å²) in [6, 6.07) is 5.11. The van der Waals surface area contributed by atoms with Gasteiger partial charge in [-0.25, -0.2) is 0 Å². The second kappa shape index (κ2) is 5.88. The molecule has 0 heterocycles. The molecule has 0 amide bonds. The molecule has 64 valence electrons. The monoisotopic (exact) mass is 186 g/mol. The van der Waals surface area contributed by atoms with E-state index < -0.39 is 0 Å². The first-order valence-corrected chi connectivity index (χ1v) is 3.21. The first-order valence-electron chi connectivity index (χ1n) is 2.83. The molecule has 2 N–H and O–H groups in total. The molecule has 1 aromatic carbocycles. The summed E-state index contributed by atoms with van der Waals surface area (Å²) in [6.07, 6.45) is 0. The molecule has 0 unspecified atom stereocenters. The maximum Gasteiger partial charge on any atom is -0.870 e. The van der Waals surface area contributed by atoms with Crippen LogP contribution in [-0.2, 0) is 0 Å². The van der Waals surface area contributed by atoms with Crippen LogP contribution in [0.3, 0.4) is 0 Å². The Morgan fingerprint density at radius 1 is 1.33 bits per heavy atom. The van der Waals surface area contributed by atoms with E-state index in [1.165, 1.54) is 0 Å². The minimum absolute atomic E-state index is 0. The summed E-state index contributed by atoms with van der Waals surface area (Å²) in [4.78, 5) is 0. The largest absolute Gasteiger partial charge is 0.870 e. The van der Waals surface area contributed by atoms with E-state index in [1.54, 1.807) is 25.3 Å². The average molecular weight is 186 g/mol. The van der Waals surface area contributed by atoms with E-state index in [0.717, 1.165) is 0 Å². The topological polar surface area (TPSA) is 69.2 Å². The summed E-state index contributed by atoms with van der Waals surface area (Å²) in [6.45, 7) is 0. The predicted octanol–water partition coefficient (Wildman–Crippen LogP) is 0.789. The van der Waals surface area contributed by atoms with E-state index >= 15 is 0 Å². The molecule has 1 aromatic rings. The molecule has 0 aliphatic carbocycles. The molecule has 0 radical (unpaired) electrons. The molecule has 5 heteroatoms. The third kappa shape index (κ3) is 3.13. The third-order valence-corrected chi connectivity index (χ3v) is 1.49. The van der Waals surface area contributed by atoms with Crippen LogP contribution in [0.1, 0.15) is 0 Å². The van der Waals surface area contributed by atoms with Gasteiger partial charge in [0.25, 0.3) is 0 Å². The molecule has 0 saturated carbocycles. The van der Waals surface area contributed by atoms with E-state index in [-0.39, 0.29) is 11.0 Å². The second-order valence-electron chi connectivity index (χ2n) is 1.89. The molecular weight excluding hydrogens is 178 g/mol. The zero-order valence-electron chi connectivity index (χ0n) is 6.49. The van der Waals surface area contributed by atoms with Crippen molar-refractivity contribution >= 4 is 24.9 Å². The number of methoxy groups -OCH3 is 1. The summed E-state index contributed by atoms with van der Waals surface area (Å²) in [5.74, 6) is 0.613. The van der Waals surface area contributed by atoms with Gasteiger partial charge in [-0.2, -0.15) is 0 Å². The van der Waals surface area contributed by atoms with E-state index in [2.05, 4.69) is 0 Å². The van der Waals surface area contributed by atoms with Gasteiger partial charge in [0.15, 0.2) is 0 Å². The van der Waals surface area contributed by atoms with Crippen molar-refractivity contribution in [2.75, 3.05) is 7.11 Å². The van der Waals surface area contributed by atoms with Gasteiger partial charge in [-0.15, -0.1) is 0 Å². The van der Waals surface area contributed by atoms with Crippen LogP contribution >= 0.6 is 11.6 Å². The van der Waals surface area contributed by atoms with Crippen LogP contribution in [0.2, 0.25) is 5.02 Å². The van der Waals surface area contributed by atoms with Crippen molar-refractivity contribution in [1.82, 2.24) is 0 Å². The summed E-state index contributed by atoms with van der Waals surface area (Å²) >= 11 is 5.72. The van der Waals surface area contributed by atoms with Crippen LogP contribution < -0.4 is 10.2 Å². The summed E-state index contributed by atoms with van der Waals surface area (Å²) in [5.41, 5.74) is 0.654. The van der Waals surface area contributed by atoms with Gasteiger partial charge in [-0.1, -0.05) is 0 Å². The molecule has 0 aliphatic heterocycles. The molecule has 0 spiro atoms. The van der Waals surface area contributed by atoms with Crippen LogP contribution in [0, 0.1) is 0 Å². The molecule has 0 aliphatic rings. The molecule has 1 rings (SSSR count). The van der Waals surface area contributed by atoms with Gasteiger partial charge in [0.1, 0.15) is 0 Å². The Kier molecular flexibility index (Phi) is 6.79. The maximum atomic E-state index is 5.72. The van der Waals surface area contributed by atoms with E-state index in [9.17, 15) is 0 Å². The Bertz CT molecular complexity index is 242. The number of rotatable bonds is 1. The van der Waals surface area contributed by atoms with Crippen molar-refractivity contribution in [3.63, 3.8) is 0 Å². The van der Waals surface area contributed by atoms with E-state index in [1.807, 2.05) is 0 Å². The Morgan fingerprint density at radius 2 is 1.92 bits per heavy atom. The quantitative estimate of drug-likeness (QED) is 0.609. The van der Waals surface area contributed by atoms with Crippen molar-refractivity contribution in [2.45, 2.75) is 0 Å². The Balaban J connectivity index is 0. The molecule has 0 fully saturated rings. The van der Waals surface area contributed by atoms with Gasteiger partial charge in [-0.05, 0) is 0 Å². The molecule has 0 saturated heterocycles. The van der Waals surface area contributed by atoms with Gasteiger partial charge in [-0.3, -0.25) is 0 Å². The van der Waals surface area contributed by atoms with Crippen molar-refractivity contribution in [1.29, 1.82) is 0 Å². The summed E-state index contributed by atoms with van der Waals surface area (Å²) in [7, 11) is 7.02.